The van der Waals surface area contributed by atoms with E-state index in [1.165, 1.54) is 6.07 Å². The Hall–Kier alpha value is -1.78. The standard InChI is InChI=1S/C10H14N2O3/c1-4-15-10(14)11-12-8(3)5-7(2)6-9(12)13/h5-6H,4H2,1-3H3,(H,11,14). The second-order valence-electron chi connectivity index (χ2n) is 3.18. The van der Waals surface area contributed by atoms with Crippen LogP contribution in [0.5, 0.6) is 0 Å². The lowest BCUT2D eigenvalue weighted by Gasteiger charge is -2.11. The Morgan fingerprint density at radius 2 is 2.13 bits per heavy atom. The smallest absolute Gasteiger partial charge is 0.426 e. The van der Waals surface area contributed by atoms with E-state index < -0.39 is 6.09 Å². The molecule has 1 rings (SSSR count). The number of carbonyl (C=O) groups excluding carboxylic acids is 1. The third-order valence-corrected chi connectivity index (χ3v) is 1.84. The van der Waals surface area contributed by atoms with Gasteiger partial charge in [-0.3, -0.25) is 4.79 Å². The number of amides is 1. The number of nitrogens with zero attached hydrogens (tertiary/aromatic N) is 1. The van der Waals surface area contributed by atoms with Crippen LogP contribution in [0.3, 0.4) is 0 Å². The molecule has 5 nitrogen and oxygen atoms in total. The Labute approximate surface area is 87.6 Å². The van der Waals surface area contributed by atoms with Crippen molar-refractivity contribution in [2.75, 3.05) is 12.0 Å². The minimum Gasteiger partial charge on any atom is -0.449 e. The van der Waals surface area contributed by atoms with Crippen molar-refractivity contribution < 1.29 is 9.53 Å². The highest BCUT2D eigenvalue weighted by Gasteiger charge is 2.05. The molecule has 1 heterocycles. The van der Waals surface area contributed by atoms with E-state index in [1.54, 1.807) is 19.9 Å². The molecule has 0 aliphatic heterocycles. The highest BCUT2D eigenvalue weighted by molar-refractivity contribution is 5.75. The number of aryl methyl sites for hydroxylation is 2. The molecular formula is C10H14N2O3. The first-order chi connectivity index (χ1) is 7.04. The summed E-state index contributed by atoms with van der Waals surface area (Å²) in [7, 11) is 0. The molecule has 5 heteroatoms. The van der Waals surface area contributed by atoms with Gasteiger partial charge >= 0.3 is 6.09 Å². The monoisotopic (exact) mass is 210 g/mol. The van der Waals surface area contributed by atoms with Gasteiger partial charge in [0.2, 0.25) is 0 Å². The Bertz CT molecular complexity index is 423. The van der Waals surface area contributed by atoms with E-state index in [9.17, 15) is 9.59 Å². The van der Waals surface area contributed by atoms with Gasteiger partial charge in [-0.1, -0.05) is 0 Å². The maximum Gasteiger partial charge on any atom is 0.426 e. The topological polar surface area (TPSA) is 60.3 Å². The van der Waals surface area contributed by atoms with Crippen molar-refractivity contribution in [2.45, 2.75) is 20.8 Å². The predicted octanol–water partition coefficient (Wildman–Crippen LogP) is 1.17. The van der Waals surface area contributed by atoms with Gasteiger partial charge in [0.1, 0.15) is 0 Å². The van der Waals surface area contributed by atoms with Crippen molar-refractivity contribution in [1.29, 1.82) is 0 Å². The van der Waals surface area contributed by atoms with Crippen LogP contribution in [-0.4, -0.2) is 17.4 Å². The Morgan fingerprint density at radius 1 is 1.47 bits per heavy atom. The molecule has 0 aliphatic carbocycles. The number of ether oxygens (including phenoxy) is 1. The molecule has 1 aromatic heterocycles. The van der Waals surface area contributed by atoms with Crippen molar-refractivity contribution in [3.8, 4) is 0 Å². The number of pyridine rings is 1. The van der Waals surface area contributed by atoms with E-state index in [-0.39, 0.29) is 12.2 Å². The zero-order chi connectivity index (χ0) is 11.4. The summed E-state index contributed by atoms with van der Waals surface area (Å²) in [6, 6.07) is 3.24. The molecule has 0 atom stereocenters. The number of aromatic nitrogens is 1. The Kier molecular flexibility index (Phi) is 3.49. The van der Waals surface area contributed by atoms with Crippen molar-refractivity contribution >= 4 is 6.09 Å². The van der Waals surface area contributed by atoms with E-state index in [1.807, 2.05) is 6.92 Å². The molecule has 0 saturated carbocycles. The molecule has 0 spiro atoms. The molecule has 0 bridgehead atoms. The lowest BCUT2D eigenvalue weighted by atomic mass is 10.2. The van der Waals surface area contributed by atoms with E-state index >= 15 is 0 Å². The average molecular weight is 210 g/mol. The first kappa shape index (κ1) is 11.3. The average Bonchev–Trinajstić information content (AvgIpc) is 2.11. The van der Waals surface area contributed by atoms with Gasteiger partial charge in [0.25, 0.3) is 5.56 Å². The largest absolute Gasteiger partial charge is 0.449 e. The van der Waals surface area contributed by atoms with Crippen molar-refractivity contribution in [3.63, 3.8) is 0 Å². The first-order valence-electron chi connectivity index (χ1n) is 4.68. The van der Waals surface area contributed by atoms with Crippen LogP contribution in [0.15, 0.2) is 16.9 Å². The minimum atomic E-state index is -0.633. The number of hydrogen-bond acceptors (Lipinski definition) is 3. The summed E-state index contributed by atoms with van der Waals surface area (Å²) >= 11 is 0. The lowest BCUT2D eigenvalue weighted by molar-refractivity contribution is 0.164. The highest BCUT2D eigenvalue weighted by atomic mass is 16.6. The van der Waals surface area contributed by atoms with Crippen LogP contribution >= 0.6 is 0 Å². The van der Waals surface area contributed by atoms with E-state index in [4.69, 9.17) is 0 Å². The summed E-state index contributed by atoms with van der Waals surface area (Å²) in [6.07, 6.45) is -0.633. The molecule has 1 N–H and O–H groups in total. The molecule has 1 aromatic rings. The van der Waals surface area contributed by atoms with Crippen LogP contribution in [0.25, 0.3) is 0 Å². The second-order valence-corrected chi connectivity index (χ2v) is 3.18. The highest BCUT2D eigenvalue weighted by Crippen LogP contribution is 1.97. The van der Waals surface area contributed by atoms with Gasteiger partial charge in [-0.15, -0.1) is 0 Å². The third kappa shape index (κ3) is 2.83. The van der Waals surface area contributed by atoms with Crippen LogP contribution in [0.4, 0.5) is 4.79 Å². The number of carbonyl (C=O) groups is 1. The maximum absolute atomic E-state index is 11.5. The SMILES string of the molecule is CCOC(=O)Nn1c(C)cc(C)cc1=O. The van der Waals surface area contributed by atoms with Gasteiger partial charge in [-0.25, -0.2) is 14.9 Å². The molecule has 0 aromatic carbocycles. The van der Waals surface area contributed by atoms with Crippen molar-refractivity contribution in [1.82, 2.24) is 4.68 Å². The van der Waals surface area contributed by atoms with Gasteiger partial charge in [-0.2, -0.15) is 0 Å². The van der Waals surface area contributed by atoms with Gasteiger partial charge in [-0.05, 0) is 32.4 Å². The summed E-state index contributed by atoms with van der Waals surface area (Å²) in [4.78, 5) is 22.6. The molecule has 0 radical (unpaired) electrons. The summed E-state index contributed by atoms with van der Waals surface area (Å²) in [5.74, 6) is 0. The van der Waals surface area contributed by atoms with Crippen LogP contribution in [0, 0.1) is 13.8 Å². The summed E-state index contributed by atoms with van der Waals surface area (Å²) in [5.41, 5.74) is 3.59. The summed E-state index contributed by atoms with van der Waals surface area (Å²) in [5, 5.41) is 0. The number of rotatable bonds is 2. The fourth-order valence-electron chi connectivity index (χ4n) is 1.27. The molecule has 0 unspecified atom stereocenters. The molecule has 0 fully saturated rings. The van der Waals surface area contributed by atoms with Gasteiger partial charge in [0.05, 0.1) is 6.61 Å². The zero-order valence-electron chi connectivity index (χ0n) is 9.03. The third-order valence-electron chi connectivity index (χ3n) is 1.84. The minimum absolute atomic E-state index is 0.269. The van der Waals surface area contributed by atoms with E-state index in [0.29, 0.717) is 5.69 Å². The van der Waals surface area contributed by atoms with Gasteiger partial charge < -0.3 is 4.74 Å². The summed E-state index contributed by atoms with van der Waals surface area (Å²) in [6.45, 7) is 5.53. The van der Waals surface area contributed by atoms with Gasteiger partial charge in [0.15, 0.2) is 0 Å². The molecule has 15 heavy (non-hydrogen) atoms. The van der Waals surface area contributed by atoms with E-state index in [0.717, 1.165) is 10.2 Å². The van der Waals surface area contributed by atoms with Crippen LogP contribution in [0.1, 0.15) is 18.2 Å². The van der Waals surface area contributed by atoms with Crippen LogP contribution in [0.2, 0.25) is 0 Å². The quantitative estimate of drug-likeness (QED) is 0.796. The number of nitrogens with one attached hydrogen (secondary N) is 1. The fourth-order valence-corrected chi connectivity index (χ4v) is 1.27. The predicted molar refractivity (Wildman–Crippen MR) is 56.6 cm³/mol. The van der Waals surface area contributed by atoms with Crippen LogP contribution in [-0.2, 0) is 4.74 Å². The molecular weight excluding hydrogens is 196 g/mol. The molecule has 0 aliphatic rings. The van der Waals surface area contributed by atoms with E-state index in [2.05, 4.69) is 10.2 Å². The summed E-state index contributed by atoms with van der Waals surface area (Å²) < 4.78 is 5.83. The van der Waals surface area contributed by atoms with Gasteiger partial charge in [0, 0.05) is 11.8 Å². The Morgan fingerprint density at radius 3 is 2.67 bits per heavy atom. The second kappa shape index (κ2) is 4.63. The van der Waals surface area contributed by atoms with Crippen molar-refractivity contribution in [2.24, 2.45) is 0 Å². The molecule has 0 saturated heterocycles. The lowest BCUT2D eigenvalue weighted by Crippen LogP contribution is -2.34. The van der Waals surface area contributed by atoms with Crippen molar-refractivity contribution in [3.05, 3.63) is 33.7 Å². The fraction of sp³-hybridized carbons (Fsp3) is 0.400. The van der Waals surface area contributed by atoms with Crippen LogP contribution < -0.4 is 11.0 Å². The zero-order valence-corrected chi connectivity index (χ0v) is 9.03. The molecule has 82 valence electrons. The Balaban J connectivity index is 2.95. The normalized spacial score (nSPS) is 9.80. The first-order valence-corrected chi connectivity index (χ1v) is 4.68. The molecule has 1 amide bonds. The maximum atomic E-state index is 11.5. The number of hydrogen-bond donors (Lipinski definition) is 1.